The van der Waals surface area contributed by atoms with Gasteiger partial charge in [-0.25, -0.2) is 4.98 Å². The number of fused-ring (bicyclic) bond motifs is 1. The molecule has 0 spiro atoms. The molecule has 2 atom stereocenters. The van der Waals surface area contributed by atoms with Crippen molar-refractivity contribution in [3.8, 4) is 11.3 Å². The lowest BCUT2D eigenvalue weighted by Gasteiger charge is -2.29. The van der Waals surface area contributed by atoms with Crippen LogP contribution < -0.4 is 10.9 Å². The summed E-state index contributed by atoms with van der Waals surface area (Å²) in [6, 6.07) is 2.83. The maximum absolute atomic E-state index is 13.0. The summed E-state index contributed by atoms with van der Waals surface area (Å²) in [5, 5.41) is 25.0. The van der Waals surface area contributed by atoms with Gasteiger partial charge < -0.3 is 10.4 Å². The molecule has 1 aliphatic rings. The minimum Gasteiger partial charge on any atom is -0.393 e. The molecule has 144 valence electrons. The molecule has 0 bridgehead atoms. The van der Waals surface area contributed by atoms with Gasteiger partial charge >= 0.3 is 11.2 Å². The highest BCUT2D eigenvalue weighted by atomic mass is 16.6. The van der Waals surface area contributed by atoms with Crippen molar-refractivity contribution in [3.05, 3.63) is 45.0 Å². The van der Waals surface area contributed by atoms with Gasteiger partial charge in [-0.2, -0.15) is 0 Å². The number of pyridine rings is 1. The fraction of sp³-hybridized carbons (Fsp3) is 0.500. The van der Waals surface area contributed by atoms with Crippen LogP contribution in [0.5, 0.6) is 0 Å². The third kappa shape index (κ3) is 3.97. The van der Waals surface area contributed by atoms with Crippen molar-refractivity contribution in [2.75, 3.05) is 11.9 Å². The predicted molar refractivity (Wildman–Crippen MR) is 101 cm³/mol. The number of anilines is 1. The van der Waals surface area contributed by atoms with Crippen molar-refractivity contribution in [2.24, 2.45) is 5.92 Å². The van der Waals surface area contributed by atoms with Gasteiger partial charge in [0.05, 0.1) is 11.0 Å². The molecule has 1 aliphatic heterocycles. The largest absolute Gasteiger partial charge is 0.393 e. The van der Waals surface area contributed by atoms with Crippen molar-refractivity contribution in [3.63, 3.8) is 0 Å². The first-order valence-corrected chi connectivity index (χ1v) is 9.01. The third-order valence-corrected chi connectivity index (χ3v) is 4.64. The van der Waals surface area contributed by atoms with E-state index in [1.165, 1.54) is 17.0 Å². The average molecular weight is 373 g/mol. The van der Waals surface area contributed by atoms with Crippen LogP contribution in [0.15, 0.2) is 29.3 Å². The molecule has 2 aromatic heterocycles. The number of nitrogens with zero attached hydrogens (tertiary/aromatic N) is 4. The Labute approximate surface area is 156 Å². The number of aliphatic hydroxyl groups excluding tert-OH is 1. The summed E-state index contributed by atoms with van der Waals surface area (Å²) in [6.07, 6.45) is 3.98. The predicted octanol–water partition coefficient (Wildman–Crippen LogP) is 2.37. The van der Waals surface area contributed by atoms with Gasteiger partial charge in [0.1, 0.15) is 0 Å². The fourth-order valence-electron chi connectivity index (χ4n) is 3.52. The summed E-state index contributed by atoms with van der Waals surface area (Å²) in [6.45, 7) is 4.61. The van der Waals surface area contributed by atoms with Gasteiger partial charge in [-0.1, -0.05) is 13.8 Å². The molecule has 0 saturated carbocycles. The van der Waals surface area contributed by atoms with E-state index < -0.39 is 22.3 Å². The van der Waals surface area contributed by atoms with Crippen molar-refractivity contribution in [1.29, 1.82) is 0 Å². The van der Waals surface area contributed by atoms with Crippen LogP contribution in [-0.2, 0) is 0 Å². The molecule has 9 nitrogen and oxygen atoms in total. The monoisotopic (exact) mass is 373 g/mol. The SMILES string of the molecule is CC(C)CC(O)CC1CCNc2nc(-c3ccncc3)c([N+](=O)[O-])c(=O)n21. The summed E-state index contributed by atoms with van der Waals surface area (Å²) in [5.74, 6) is 0.616. The summed E-state index contributed by atoms with van der Waals surface area (Å²) in [5.41, 5.74) is -0.779. The summed E-state index contributed by atoms with van der Waals surface area (Å²) in [4.78, 5) is 32.2. The Hall–Kier alpha value is -2.81. The maximum Gasteiger partial charge on any atom is 0.360 e. The van der Waals surface area contributed by atoms with Crippen molar-refractivity contribution in [2.45, 2.75) is 45.3 Å². The van der Waals surface area contributed by atoms with E-state index in [-0.39, 0.29) is 11.7 Å². The van der Waals surface area contributed by atoms with Crippen LogP contribution in [0.3, 0.4) is 0 Å². The van der Waals surface area contributed by atoms with Crippen molar-refractivity contribution in [1.82, 2.24) is 14.5 Å². The van der Waals surface area contributed by atoms with Gasteiger partial charge in [-0.3, -0.25) is 24.5 Å². The van der Waals surface area contributed by atoms with Crippen LogP contribution >= 0.6 is 0 Å². The standard InChI is InChI=1S/C18H23N5O4/c1-11(2)9-14(24)10-13-5-8-20-18-21-15(12-3-6-19-7-4-12)16(23(26)27)17(25)22(13)18/h3-4,6-7,11,13-14,24H,5,8-10H2,1-2H3,(H,20,21). The molecule has 2 unspecified atom stereocenters. The Morgan fingerprint density at radius 3 is 2.74 bits per heavy atom. The quantitative estimate of drug-likeness (QED) is 0.588. The van der Waals surface area contributed by atoms with Crippen molar-refractivity contribution < 1.29 is 10.0 Å². The molecular formula is C18H23N5O4. The number of nitro groups is 1. The lowest BCUT2D eigenvalue weighted by atomic mass is 9.97. The van der Waals surface area contributed by atoms with E-state index >= 15 is 0 Å². The molecule has 2 N–H and O–H groups in total. The van der Waals surface area contributed by atoms with Crippen LogP contribution in [0.25, 0.3) is 11.3 Å². The second kappa shape index (κ2) is 7.83. The first kappa shape index (κ1) is 19.0. The van der Waals surface area contributed by atoms with Gasteiger partial charge in [-0.05, 0) is 37.3 Å². The zero-order valence-electron chi connectivity index (χ0n) is 15.3. The summed E-state index contributed by atoms with van der Waals surface area (Å²) >= 11 is 0. The van der Waals surface area contributed by atoms with E-state index in [0.29, 0.717) is 43.2 Å². The molecule has 0 radical (unpaired) electrons. The van der Waals surface area contributed by atoms with Gasteiger partial charge in [0.25, 0.3) is 0 Å². The molecule has 0 amide bonds. The van der Waals surface area contributed by atoms with Crippen LogP contribution in [0.4, 0.5) is 11.6 Å². The lowest BCUT2D eigenvalue weighted by molar-refractivity contribution is -0.386. The molecule has 0 aliphatic carbocycles. The average Bonchev–Trinajstić information content (AvgIpc) is 2.61. The Morgan fingerprint density at radius 1 is 1.41 bits per heavy atom. The normalized spacial score (nSPS) is 17.3. The number of hydrogen-bond donors (Lipinski definition) is 2. The summed E-state index contributed by atoms with van der Waals surface area (Å²) < 4.78 is 1.33. The molecular weight excluding hydrogens is 350 g/mol. The Bertz CT molecular complexity index is 881. The Kier molecular flexibility index (Phi) is 5.50. The van der Waals surface area contributed by atoms with Crippen LogP contribution in [0, 0.1) is 16.0 Å². The van der Waals surface area contributed by atoms with Gasteiger partial charge in [0, 0.05) is 30.5 Å². The maximum atomic E-state index is 13.0. The molecule has 3 heterocycles. The number of rotatable bonds is 6. The van der Waals surface area contributed by atoms with E-state index in [4.69, 9.17) is 0 Å². The summed E-state index contributed by atoms with van der Waals surface area (Å²) in [7, 11) is 0. The minimum atomic E-state index is -0.703. The topological polar surface area (TPSA) is 123 Å². The number of aliphatic hydroxyl groups is 1. The molecule has 0 aromatic carbocycles. The second-order valence-electron chi connectivity index (χ2n) is 7.19. The lowest BCUT2D eigenvalue weighted by Crippen LogP contribution is -2.37. The second-order valence-corrected chi connectivity index (χ2v) is 7.19. The van der Waals surface area contributed by atoms with E-state index in [0.717, 1.165) is 0 Å². The molecule has 0 saturated heterocycles. The Balaban J connectivity index is 2.08. The zero-order chi connectivity index (χ0) is 19.6. The van der Waals surface area contributed by atoms with Crippen LogP contribution in [0.2, 0.25) is 0 Å². The van der Waals surface area contributed by atoms with E-state index in [1.54, 1.807) is 12.1 Å². The van der Waals surface area contributed by atoms with Gasteiger partial charge in [-0.15, -0.1) is 0 Å². The first-order chi connectivity index (χ1) is 12.9. The highest BCUT2D eigenvalue weighted by Crippen LogP contribution is 2.31. The van der Waals surface area contributed by atoms with E-state index in [2.05, 4.69) is 15.3 Å². The highest BCUT2D eigenvalue weighted by Gasteiger charge is 2.32. The molecule has 27 heavy (non-hydrogen) atoms. The minimum absolute atomic E-state index is 0.0227. The fourth-order valence-corrected chi connectivity index (χ4v) is 3.52. The Morgan fingerprint density at radius 2 is 2.11 bits per heavy atom. The first-order valence-electron chi connectivity index (χ1n) is 9.01. The molecule has 0 fully saturated rings. The van der Waals surface area contributed by atoms with E-state index in [1.807, 2.05) is 13.8 Å². The highest BCUT2D eigenvalue weighted by molar-refractivity contribution is 5.69. The van der Waals surface area contributed by atoms with Crippen LogP contribution in [0.1, 0.15) is 39.2 Å². The van der Waals surface area contributed by atoms with E-state index in [9.17, 15) is 20.0 Å². The molecule has 3 rings (SSSR count). The molecule has 9 heteroatoms. The zero-order valence-corrected chi connectivity index (χ0v) is 15.3. The van der Waals surface area contributed by atoms with Gasteiger partial charge in [0.15, 0.2) is 5.69 Å². The number of nitrogens with one attached hydrogen (secondary N) is 1. The number of hydrogen-bond acceptors (Lipinski definition) is 7. The third-order valence-electron chi connectivity index (χ3n) is 4.64. The van der Waals surface area contributed by atoms with Crippen LogP contribution in [-0.4, -0.2) is 37.2 Å². The smallest absolute Gasteiger partial charge is 0.360 e. The van der Waals surface area contributed by atoms with Gasteiger partial charge in [0.2, 0.25) is 5.95 Å². The number of aromatic nitrogens is 3. The molecule has 2 aromatic rings. The van der Waals surface area contributed by atoms with Crippen molar-refractivity contribution >= 4 is 11.6 Å².